The van der Waals surface area contributed by atoms with Crippen molar-refractivity contribution in [2.75, 3.05) is 24.0 Å². The number of ether oxygens (including phenoxy) is 1. The Bertz CT molecular complexity index is 1390. The van der Waals surface area contributed by atoms with Crippen molar-refractivity contribution < 1.29 is 22.7 Å². The summed E-state index contributed by atoms with van der Waals surface area (Å²) < 4.78 is 34.8. The number of rotatable bonds is 12. The average Bonchev–Trinajstić information content (AvgIpc) is 2.91. The van der Waals surface area contributed by atoms with Crippen LogP contribution in [0.5, 0.6) is 5.75 Å². The van der Waals surface area contributed by atoms with Gasteiger partial charge in [-0.15, -0.1) is 0 Å². The fourth-order valence-corrected chi connectivity index (χ4v) is 5.59. The molecule has 0 aliphatic heterocycles. The van der Waals surface area contributed by atoms with Gasteiger partial charge in [0, 0.05) is 13.1 Å². The molecule has 0 aliphatic carbocycles. The van der Waals surface area contributed by atoms with Crippen molar-refractivity contribution in [2.45, 2.75) is 52.1 Å². The smallest absolute Gasteiger partial charge is 0.264 e. The van der Waals surface area contributed by atoms with Crippen molar-refractivity contribution in [1.82, 2.24) is 10.2 Å². The van der Waals surface area contributed by atoms with E-state index in [2.05, 4.69) is 5.32 Å². The number of para-hydroxylation sites is 2. The van der Waals surface area contributed by atoms with E-state index in [1.807, 2.05) is 38.1 Å². The van der Waals surface area contributed by atoms with E-state index < -0.39 is 28.5 Å². The summed E-state index contributed by atoms with van der Waals surface area (Å²) >= 11 is 0. The fourth-order valence-electron chi connectivity index (χ4n) is 4.17. The molecule has 3 aromatic rings. The van der Waals surface area contributed by atoms with Crippen LogP contribution < -0.4 is 14.4 Å². The Morgan fingerprint density at radius 1 is 0.923 bits per heavy atom. The Morgan fingerprint density at radius 2 is 1.56 bits per heavy atom. The molecule has 1 unspecified atom stereocenters. The number of hydrogen-bond acceptors (Lipinski definition) is 5. The molecule has 0 bridgehead atoms. The number of hydrogen-bond donors (Lipinski definition) is 1. The second kappa shape index (κ2) is 13.3. The molecule has 0 saturated carbocycles. The first-order valence-electron chi connectivity index (χ1n) is 13.0. The summed E-state index contributed by atoms with van der Waals surface area (Å²) in [6.07, 6.45) is 0. The van der Waals surface area contributed by atoms with Gasteiger partial charge in [-0.1, -0.05) is 54.1 Å². The number of anilines is 1. The van der Waals surface area contributed by atoms with E-state index in [-0.39, 0.29) is 23.0 Å². The Hall–Kier alpha value is -3.85. The lowest BCUT2D eigenvalue weighted by Gasteiger charge is -2.32. The third-order valence-corrected chi connectivity index (χ3v) is 8.22. The summed E-state index contributed by atoms with van der Waals surface area (Å²) in [5.74, 6) is -0.494. The lowest BCUT2D eigenvalue weighted by Crippen LogP contribution is -2.51. The largest absolute Gasteiger partial charge is 0.492 e. The highest BCUT2D eigenvalue weighted by molar-refractivity contribution is 7.92. The maximum Gasteiger partial charge on any atom is 0.264 e. The topological polar surface area (TPSA) is 96.0 Å². The van der Waals surface area contributed by atoms with Gasteiger partial charge in [-0.05, 0) is 70.0 Å². The predicted molar refractivity (Wildman–Crippen MR) is 153 cm³/mol. The average molecular weight is 552 g/mol. The second-order valence-corrected chi connectivity index (χ2v) is 11.1. The maximum atomic E-state index is 14.0. The molecule has 39 heavy (non-hydrogen) atoms. The summed E-state index contributed by atoms with van der Waals surface area (Å²) in [6.45, 7) is 9.41. The first-order valence-corrected chi connectivity index (χ1v) is 14.5. The van der Waals surface area contributed by atoms with Crippen LogP contribution in [0, 0.1) is 13.8 Å². The van der Waals surface area contributed by atoms with E-state index in [0.717, 1.165) is 21.0 Å². The van der Waals surface area contributed by atoms with E-state index >= 15 is 0 Å². The standard InChI is InChI=1S/C30H37N3O5S/c1-6-31-30(35)24(5)32(20-25-13-9-8-12-23(25)4)29(34)21-33(27-14-10-11-15-28(27)38-7-2)39(36,37)26-18-16-22(3)17-19-26/h8-19,24H,6-7,20-21H2,1-5H3,(H,31,35). The fraction of sp³-hybridized carbons (Fsp3) is 0.333. The zero-order valence-electron chi connectivity index (χ0n) is 23.2. The molecule has 8 nitrogen and oxygen atoms in total. The first-order chi connectivity index (χ1) is 18.6. The van der Waals surface area contributed by atoms with Crippen LogP contribution in [-0.2, 0) is 26.2 Å². The Labute approximate surface area is 231 Å². The number of benzene rings is 3. The molecule has 208 valence electrons. The van der Waals surface area contributed by atoms with Crippen LogP contribution in [0.4, 0.5) is 5.69 Å². The lowest BCUT2D eigenvalue weighted by atomic mass is 10.1. The van der Waals surface area contributed by atoms with Gasteiger partial charge in [0.2, 0.25) is 11.8 Å². The first kappa shape index (κ1) is 29.7. The minimum absolute atomic E-state index is 0.0504. The van der Waals surface area contributed by atoms with Gasteiger partial charge in [-0.25, -0.2) is 8.42 Å². The SMILES string of the molecule is CCNC(=O)C(C)N(Cc1ccccc1C)C(=O)CN(c1ccccc1OCC)S(=O)(=O)c1ccc(C)cc1. The van der Waals surface area contributed by atoms with Gasteiger partial charge in [0.05, 0.1) is 17.2 Å². The van der Waals surface area contributed by atoms with Gasteiger partial charge in [-0.3, -0.25) is 13.9 Å². The van der Waals surface area contributed by atoms with Crippen LogP contribution >= 0.6 is 0 Å². The van der Waals surface area contributed by atoms with Crippen molar-refractivity contribution in [3.8, 4) is 5.75 Å². The highest BCUT2D eigenvalue weighted by Crippen LogP contribution is 2.33. The van der Waals surface area contributed by atoms with Gasteiger partial charge >= 0.3 is 0 Å². The van der Waals surface area contributed by atoms with Gasteiger partial charge in [0.25, 0.3) is 10.0 Å². The highest BCUT2D eigenvalue weighted by Gasteiger charge is 2.33. The molecular formula is C30H37N3O5S. The molecule has 0 heterocycles. The molecule has 3 rings (SSSR count). The summed E-state index contributed by atoms with van der Waals surface area (Å²) in [7, 11) is -4.17. The zero-order chi connectivity index (χ0) is 28.6. The molecule has 9 heteroatoms. The minimum Gasteiger partial charge on any atom is -0.492 e. The number of nitrogens with zero attached hydrogens (tertiary/aromatic N) is 2. The summed E-state index contributed by atoms with van der Waals surface area (Å²) in [4.78, 5) is 28.3. The number of sulfonamides is 1. The van der Waals surface area contributed by atoms with E-state index in [9.17, 15) is 18.0 Å². The van der Waals surface area contributed by atoms with Gasteiger partial charge in [0.1, 0.15) is 18.3 Å². The summed E-state index contributed by atoms with van der Waals surface area (Å²) in [6, 6.07) is 20.0. The lowest BCUT2D eigenvalue weighted by molar-refractivity contribution is -0.139. The molecule has 0 aromatic heterocycles. The minimum atomic E-state index is -4.17. The van der Waals surface area contributed by atoms with Gasteiger partial charge in [-0.2, -0.15) is 0 Å². The van der Waals surface area contributed by atoms with Crippen LogP contribution in [0.2, 0.25) is 0 Å². The van der Waals surface area contributed by atoms with E-state index in [0.29, 0.717) is 18.9 Å². The molecule has 0 spiro atoms. The molecule has 0 saturated heterocycles. The maximum absolute atomic E-state index is 14.0. The molecule has 1 atom stereocenters. The van der Waals surface area contributed by atoms with E-state index in [1.165, 1.54) is 17.0 Å². The van der Waals surface area contributed by atoms with Gasteiger partial charge in [0.15, 0.2) is 0 Å². The third kappa shape index (κ3) is 7.17. The summed E-state index contributed by atoms with van der Waals surface area (Å²) in [5, 5.41) is 2.77. The molecule has 3 aromatic carbocycles. The molecule has 0 radical (unpaired) electrons. The molecule has 2 amide bonds. The molecular weight excluding hydrogens is 514 g/mol. The third-order valence-electron chi connectivity index (χ3n) is 6.44. The monoisotopic (exact) mass is 551 g/mol. The normalized spacial score (nSPS) is 11.9. The molecule has 0 fully saturated rings. The number of amides is 2. The van der Waals surface area contributed by atoms with Gasteiger partial charge < -0.3 is 15.0 Å². The molecule has 1 N–H and O–H groups in total. The number of carbonyl (C=O) groups excluding carboxylic acids is 2. The van der Waals surface area contributed by atoms with Crippen LogP contribution in [0.1, 0.15) is 37.5 Å². The zero-order valence-corrected chi connectivity index (χ0v) is 24.0. The molecule has 0 aliphatic rings. The van der Waals surface area contributed by atoms with Crippen molar-refractivity contribution in [3.05, 3.63) is 89.5 Å². The van der Waals surface area contributed by atoms with Crippen LogP contribution in [-0.4, -0.2) is 50.9 Å². The number of aryl methyl sites for hydroxylation is 2. The number of nitrogens with one attached hydrogen (secondary N) is 1. The summed E-state index contributed by atoms with van der Waals surface area (Å²) in [5.41, 5.74) is 2.98. The second-order valence-electron chi connectivity index (χ2n) is 9.24. The van der Waals surface area contributed by atoms with Crippen molar-refractivity contribution in [3.63, 3.8) is 0 Å². The van der Waals surface area contributed by atoms with Crippen LogP contribution in [0.25, 0.3) is 0 Å². The van der Waals surface area contributed by atoms with Crippen LogP contribution in [0.3, 0.4) is 0 Å². The quantitative estimate of drug-likeness (QED) is 0.359. The number of carbonyl (C=O) groups is 2. The Kier molecular flexibility index (Phi) is 10.1. The Morgan fingerprint density at radius 3 is 2.21 bits per heavy atom. The van der Waals surface area contributed by atoms with Crippen molar-refractivity contribution >= 4 is 27.5 Å². The Balaban J connectivity index is 2.09. The van der Waals surface area contributed by atoms with Crippen molar-refractivity contribution in [2.24, 2.45) is 0 Å². The van der Waals surface area contributed by atoms with E-state index in [4.69, 9.17) is 4.74 Å². The predicted octanol–water partition coefficient (Wildman–Crippen LogP) is 4.45. The van der Waals surface area contributed by atoms with Crippen molar-refractivity contribution in [1.29, 1.82) is 0 Å². The number of likely N-dealkylation sites (N-methyl/N-ethyl adjacent to an activating group) is 1. The van der Waals surface area contributed by atoms with E-state index in [1.54, 1.807) is 57.2 Å². The van der Waals surface area contributed by atoms with Crippen LogP contribution in [0.15, 0.2) is 77.7 Å². The highest BCUT2D eigenvalue weighted by atomic mass is 32.2.